The van der Waals surface area contributed by atoms with Gasteiger partial charge in [-0.25, -0.2) is 9.37 Å². The fourth-order valence-corrected chi connectivity index (χ4v) is 6.66. The number of piperidine rings is 1. The summed E-state index contributed by atoms with van der Waals surface area (Å²) in [7, 11) is -3.81. The Kier molecular flexibility index (Phi) is 8.55. The molecule has 1 amide bonds. The zero-order valence-corrected chi connectivity index (χ0v) is 24.7. The second-order valence-corrected chi connectivity index (χ2v) is 12.9. The van der Waals surface area contributed by atoms with Gasteiger partial charge in [0.1, 0.15) is 23.6 Å². The van der Waals surface area contributed by atoms with Crippen molar-refractivity contribution in [3.63, 3.8) is 0 Å². The van der Waals surface area contributed by atoms with E-state index < -0.39 is 51.8 Å². The lowest BCUT2D eigenvalue weighted by atomic mass is 9.97. The van der Waals surface area contributed by atoms with E-state index in [0.717, 1.165) is 11.3 Å². The predicted molar refractivity (Wildman–Crippen MR) is 148 cm³/mol. The van der Waals surface area contributed by atoms with Crippen LogP contribution in [0.15, 0.2) is 45.8 Å². The molecule has 2 aromatic heterocycles. The Morgan fingerprint density at radius 1 is 1.26 bits per heavy atom. The van der Waals surface area contributed by atoms with Crippen molar-refractivity contribution >= 4 is 44.7 Å². The van der Waals surface area contributed by atoms with Crippen LogP contribution < -0.4 is 9.74 Å². The zero-order chi connectivity index (χ0) is 31.1. The minimum atomic E-state index is -5.05. The standard InChI is InChI=1S/C26H23ClF4N4O6S2/c1-43(38,39)41-20-4-2-3-17(27)23(20)21-10-18(33-40-21)19-13-42-24(32-19)14-5-7-34(8-6-14)22(36)12-35-11-15(28)9-16(25(35)37)26(29,30)31/h2-4,9,11,13-14,21H,5-8,10,12H2,1H3. The molecule has 4 heterocycles. The Bertz CT molecular complexity index is 1750. The third-order valence-electron chi connectivity index (χ3n) is 6.92. The Morgan fingerprint density at radius 3 is 2.65 bits per heavy atom. The number of oxime groups is 1. The van der Waals surface area contributed by atoms with E-state index in [1.807, 2.05) is 5.38 Å². The van der Waals surface area contributed by atoms with Crippen molar-refractivity contribution in [3.05, 3.63) is 78.9 Å². The lowest BCUT2D eigenvalue weighted by Crippen LogP contribution is -2.42. The molecule has 0 bridgehead atoms. The van der Waals surface area contributed by atoms with Crippen molar-refractivity contribution in [3.8, 4) is 5.75 Å². The molecule has 17 heteroatoms. The molecule has 0 aliphatic carbocycles. The number of benzene rings is 1. The van der Waals surface area contributed by atoms with Crippen molar-refractivity contribution in [1.29, 1.82) is 0 Å². The zero-order valence-electron chi connectivity index (χ0n) is 22.3. The molecule has 10 nitrogen and oxygen atoms in total. The van der Waals surface area contributed by atoms with Gasteiger partial charge in [0.2, 0.25) is 5.91 Å². The number of likely N-dealkylation sites (tertiary alicyclic amines) is 1. The topological polar surface area (TPSA) is 120 Å². The van der Waals surface area contributed by atoms with Crippen molar-refractivity contribution in [2.45, 2.75) is 44.0 Å². The van der Waals surface area contributed by atoms with Gasteiger partial charge in [-0.15, -0.1) is 11.3 Å². The molecule has 3 aromatic rings. The molecule has 230 valence electrons. The molecule has 0 spiro atoms. The fourth-order valence-electron chi connectivity index (χ4n) is 4.90. The fraction of sp³-hybridized carbons (Fsp3) is 0.385. The van der Waals surface area contributed by atoms with Crippen LogP contribution in [-0.2, 0) is 32.5 Å². The smallest absolute Gasteiger partial charge is 0.387 e. The van der Waals surface area contributed by atoms with E-state index in [4.69, 9.17) is 25.6 Å². The average molecular weight is 663 g/mol. The molecule has 1 atom stereocenters. The molecule has 1 unspecified atom stereocenters. The summed E-state index contributed by atoms with van der Waals surface area (Å²) in [5.41, 5.74) is -1.71. The molecule has 0 N–H and O–H groups in total. The number of amides is 1. The Morgan fingerprint density at radius 2 is 1.98 bits per heavy atom. The van der Waals surface area contributed by atoms with Gasteiger partial charge in [-0.05, 0) is 31.0 Å². The number of alkyl halides is 3. The van der Waals surface area contributed by atoms with Crippen LogP contribution in [-0.4, -0.2) is 53.8 Å². The van der Waals surface area contributed by atoms with Crippen LogP contribution in [0.3, 0.4) is 0 Å². The van der Waals surface area contributed by atoms with Gasteiger partial charge in [-0.3, -0.25) is 9.59 Å². The number of carbonyl (C=O) groups excluding carboxylic acids is 1. The minimum Gasteiger partial charge on any atom is -0.387 e. The predicted octanol–water partition coefficient (Wildman–Crippen LogP) is 4.73. The van der Waals surface area contributed by atoms with Crippen LogP contribution in [0.5, 0.6) is 5.75 Å². The Balaban J connectivity index is 1.20. The van der Waals surface area contributed by atoms with E-state index >= 15 is 0 Å². The van der Waals surface area contributed by atoms with E-state index in [-0.39, 0.29) is 42.3 Å². The maximum absolute atomic E-state index is 13.7. The van der Waals surface area contributed by atoms with E-state index in [0.29, 0.717) is 40.6 Å². The van der Waals surface area contributed by atoms with Crippen LogP contribution in [0.2, 0.25) is 5.02 Å². The number of rotatable bonds is 7. The van der Waals surface area contributed by atoms with Crippen molar-refractivity contribution in [2.75, 3.05) is 19.3 Å². The maximum atomic E-state index is 13.7. The molecule has 43 heavy (non-hydrogen) atoms. The maximum Gasteiger partial charge on any atom is 0.421 e. The van der Waals surface area contributed by atoms with E-state index in [1.165, 1.54) is 22.3 Å². The van der Waals surface area contributed by atoms with Gasteiger partial charge in [0.05, 0.1) is 27.5 Å². The summed E-state index contributed by atoms with van der Waals surface area (Å²) >= 11 is 7.73. The number of hydrogen-bond acceptors (Lipinski definition) is 9. The van der Waals surface area contributed by atoms with Gasteiger partial charge >= 0.3 is 16.3 Å². The molecule has 2 aliphatic heterocycles. The molecule has 5 rings (SSSR count). The summed E-state index contributed by atoms with van der Waals surface area (Å²) in [6, 6.07) is 4.72. The highest BCUT2D eigenvalue weighted by Crippen LogP contribution is 2.40. The molecular weight excluding hydrogens is 640 g/mol. The highest BCUT2D eigenvalue weighted by molar-refractivity contribution is 7.86. The lowest BCUT2D eigenvalue weighted by molar-refractivity contribution is -0.140. The summed E-state index contributed by atoms with van der Waals surface area (Å²) in [6.07, 6.45) is -2.94. The third-order valence-corrected chi connectivity index (χ3v) is 8.74. The highest BCUT2D eigenvalue weighted by Gasteiger charge is 2.36. The first-order valence-corrected chi connectivity index (χ1v) is 15.9. The Hall–Kier alpha value is -3.50. The molecule has 1 saturated heterocycles. The van der Waals surface area contributed by atoms with Crippen molar-refractivity contribution in [2.24, 2.45) is 5.16 Å². The van der Waals surface area contributed by atoms with Gasteiger partial charge in [-0.2, -0.15) is 21.6 Å². The summed E-state index contributed by atoms with van der Waals surface area (Å²) in [5, 5.41) is 6.99. The highest BCUT2D eigenvalue weighted by atomic mass is 35.5. The van der Waals surface area contributed by atoms with Crippen LogP contribution in [0.4, 0.5) is 17.6 Å². The number of nitrogens with zero attached hydrogens (tertiary/aromatic N) is 4. The lowest BCUT2D eigenvalue weighted by Gasteiger charge is -2.31. The van der Waals surface area contributed by atoms with Gasteiger partial charge in [0, 0.05) is 37.0 Å². The van der Waals surface area contributed by atoms with Crippen LogP contribution in [0.1, 0.15) is 53.1 Å². The van der Waals surface area contributed by atoms with E-state index in [2.05, 4.69) is 5.16 Å². The first kappa shape index (κ1) is 30.9. The molecule has 2 aliphatic rings. The van der Waals surface area contributed by atoms with Gasteiger partial charge < -0.3 is 18.5 Å². The van der Waals surface area contributed by atoms with Crippen LogP contribution in [0, 0.1) is 5.82 Å². The summed E-state index contributed by atoms with van der Waals surface area (Å²) < 4.78 is 81.8. The van der Waals surface area contributed by atoms with Crippen molar-refractivity contribution in [1.82, 2.24) is 14.5 Å². The van der Waals surface area contributed by atoms with Gasteiger partial charge in [0.25, 0.3) is 5.56 Å². The normalized spacial score (nSPS) is 18.0. The molecule has 1 aromatic carbocycles. The minimum absolute atomic E-state index is 0.00595. The number of halogens is 5. The number of hydrogen-bond donors (Lipinski definition) is 0. The summed E-state index contributed by atoms with van der Waals surface area (Å²) in [6.45, 7) is -0.165. The monoisotopic (exact) mass is 662 g/mol. The van der Waals surface area contributed by atoms with Gasteiger partial charge in [0.15, 0.2) is 11.9 Å². The van der Waals surface area contributed by atoms with Gasteiger partial charge in [-0.1, -0.05) is 22.8 Å². The number of carbonyl (C=O) groups is 1. The second-order valence-electron chi connectivity index (χ2n) is 10.0. The molecule has 0 saturated carbocycles. The van der Waals surface area contributed by atoms with E-state index in [1.54, 1.807) is 12.1 Å². The number of aromatic nitrogens is 2. The molecule has 0 radical (unpaired) electrons. The van der Waals surface area contributed by atoms with Crippen molar-refractivity contribution < 1.29 is 39.8 Å². The summed E-state index contributed by atoms with van der Waals surface area (Å²) in [4.78, 5) is 36.6. The van der Waals surface area contributed by atoms with Crippen LogP contribution >= 0.6 is 22.9 Å². The second kappa shape index (κ2) is 11.9. The first-order chi connectivity index (χ1) is 20.2. The first-order valence-electron chi connectivity index (χ1n) is 12.8. The summed E-state index contributed by atoms with van der Waals surface area (Å²) in [5.74, 6) is -1.83. The molecule has 1 fully saturated rings. The molecular formula is C26H23ClF4N4O6S2. The Labute approximate surface area is 251 Å². The number of pyridine rings is 1. The third kappa shape index (κ3) is 7.02. The quantitative estimate of drug-likeness (QED) is 0.265. The largest absolute Gasteiger partial charge is 0.421 e. The number of thiazole rings is 1. The van der Waals surface area contributed by atoms with E-state index in [9.17, 15) is 35.6 Å². The average Bonchev–Trinajstić information content (AvgIpc) is 3.59. The SMILES string of the molecule is CS(=O)(=O)Oc1cccc(Cl)c1C1CC(c2csc(C3CCN(C(=O)Cn4cc(F)cc(C(F)(F)F)c4=O)CC3)n2)=NO1. The van der Waals surface area contributed by atoms with Crippen LogP contribution in [0.25, 0.3) is 0 Å².